The van der Waals surface area contributed by atoms with Crippen molar-refractivity contribution in [3.63, 3.8) is 0 Å². The molecule has 0 saturated carbocycles. The summed E-state index contributed by atoms with van der Waals surface area (Å²) < 4.78 is 0. The molecule has 0 aliphatic rings. The minimum atomic E-state index is 0.997. The number of hydrogen-bond donors (Lipinski definition) is 0. The molecule has 138 valence electrons. The lowest BCUT2D eigenvalue weighted by molar-refractivity contribution is 0.413. The Labute approximate surface area is 164 Å². The van der Waals surface area contributed by atoms with Crippen LogP contribution in [0.5, 0.6) is 0 Å². The van der Waals surface area contributed by atoms with Gasteiger partial charge in [-0.05, 0) is 60.3 Å². The van der Waals surface area contributed by atoms with E-state index in [9.17, 15) is 0 Å². The lowest BCUT2D eigenvalue weighted by Gasteiger charge is -2.17. The summed E-state index contributed by atoms with van der Waals surface area (Å²) in [6, 6.07) is 30.6. The van der Waals surface area contributed by atoms with E-state index in [1.165, 1.54) is 33.4 Å². The zero-order valence-electron chi connectivity index (χ0n) is 16.7. The Morgan fingerprint density at radius 3 is 1.70 bits per heavy atom. The van der Waals surface area contributed by atoms with Crippen LogP contribution in [-0.4, -0.2) is 25.5 Å². The highest BCUT2D eigenvalue weighted by molar-refractivity contribution is 5.98. The van der Waals surface area contributed by atoms with Gasteiger partial charge in [-0.15, -0.1) is 0 Å². The first kappa shape index (κ1) is 19.1. The second-order valence-corrected chi connectivity index (χ2v) is 7.19. The summed E-state index contributed by atoms with van der Waals surface area (Å²) >= 11 is 0. The van der Waals surface area contributed by atoms with E-state index in [1.807, 2.05) is 0 Å². The van der Waals surface area contributed by atoms with Crippen molar-refractivity contribution in [1.29, 1.82) is 0 Å². The molecule has 3 aromatic carbocycles. The second-order valence-electron chi connectivity index (χ2n) is 7.19. The molecule has 0 saturated heterocycles. The van der Waals surface area contributed by atoms with Crippen molar-refractivity contribution >= 4 is 11.1 Å². The van der Waals surface area contributed by atoms with Crippen molar-refractivity contribution < 1.29 is 0 Å². The van der Waals surface area contributed by atoms with Gasteiger partial charge in [-0.25, -0.2) is 0 Å². The fourth-order valence-electron chi connectivity index (χ4n) is 3.48. The minimum absolute atomic E-state index is 0.997. The molecular weight excluding hydrogens is 326 g/mol. The molecule has 0 amide bonds. The highest BCUT2D eigenvalue weighted by Gasteiger charge is 2.12. The molecule has 27 heavy (non-hydrogen) atoms. The maximum absolute atomic E-state index is 2.28. The van der Waals surface area contributed by atoms with E-state index in [2.05, 4.69) is 111 Å². The van der Waals surface area contributed by atoms with E-state index in [-0.39, 0.29) is 0 Å². The number of nitrogens with zero attached hydrogens (tertiary/aromatic N) is 1. The Hall–Kier alpha value is -2.64. The Bertz CT molecular complexity index is 859. The lowest BCUT2D eigenvalue weighted by Crippen LogP contribution is -2.14. The number of rotatable bonds is 7. The van der Waals surface area contributed by atoms with Crippen LogP contribution < -0.4 is 0 Å². The third-order valence-electron chi connectivity index (χ3n) is 4.93. The third kappa shape index (κ3) is 4.96. The number of likely N-dealkylation sites (N-methyl/N-ethyl adjacent to an activating group) is 1. The van der Waals surface area contributed by atoms with Crippen molar-refractivity contribution in [3.8, 4) is 0 Å². The highest BCUT2D eigenvalue weighted by atomic mass is 15.0. The van der Waals surface area contributed by atoms with Gasteiger partial charge in [-0.1, -0.05) is 91.9 Å². The van der Waals surface area contributed by atoms with Crippen molar-refractivity contribution in [2.24, 2.45) is 0 Å². The molecule has 0 aliphatic heterocycles. The Balaban J connectivity index is 2.07. The molecule has 0 radical (unpaired) electrons. The van der Waals surface area contributed by atoms with E-state index in [4.69, 9.17) is 0 Å². The molecule has 3 rings (SSSR count). The highest BCUT2D eigenvalue weighted by Crippen LogP contribution is 2.34. The van der Waals surface area contributed by atoms with Gasteiger partial charge in [-0.3, -0.25) is 0 Å². The molecular formula is C26H29N. The van der Waals surface area contributed by atoms with Crippen LogP contribution in [0.1, 0.15) is 35.6 Å². The summed E-state index contributed by atoms with van der Waals surface area (Å²) in [5, 5.41) is 0. The zero-order valence-corrected chi connectivity index (χ0v) is 16.7. The van der Waals surface area contributed by atoms with Gasteiger partial charge in [0.15, 0.2) is 0 Å². The third-order valence-corrected chi connectivity index (χ3v) is 4.93. The van der Waals surface area contributed by atoms with Crippen LogP contribution in [0.15, 0.2) is 84.9 Å². The number of benzene rings is 3. The normalized spacial score (nSPS) is 12.1. The van der Waals surface area contributed by atoms with Crippen molar-refractivity contribution in [2.75, 3.05) is 20.6 Å². The molecule has 0 heterocycles. The molecule has 1 nitrogen and oxygen atoms in total. The van der Waals surface area contributed by atoms with E-state index in [0.29, 0.717) is 0 Å². The molecule has 0 fully saturated rings. The number of allylic oxidation sites excluding steroid dienone is 1. The second kappa shape index (κ2) is 9.34. The van der Waals surface area contributed by atoms with E-state index < -0.39 is 0 Å². The topological polar surface area (TPSA) is 3.24 Å². The molecule has 0 unspecified atom stereocenters. The Morgan fingerprint density at radius 1 is 0.667 bits per heavy atom. The van der Waals surface area contributed by atoms with Gasteiger partial charge in [0.05, 0.1) is 0 Å². The lowest BCUT2D eigenvalue weighted by atomic mass is 9.88. The van der Waals surface area contributed by atoms with Gasteiger partial charge in [0.1, 0.15) is 0 Å². The predicted molar refractivity (Wildman–Crippen MR) is 118 cm³/mol. The smallest absolute Gasteiger partial charge is 0.00157 e. The summed E-state index contributed by atoms with van der Waals surface area (Å²) in [5.41, 5.74) is 7.98. The van der Waals surface area contributed by atoms with Crippen LogP contribution in [0.2, 0.25) is 0 Å². The average Bonchev–Trinajstić information content (AvgIpc) is 2.72. The SMILES string of the molecule is CC/C(=C(\c1ccccc1)c1ccc(CCN(C)C)cc1)c1ccccc1. The molecule has 0 spiro atoms. The fraction of sp³-hybridized carbons (Fsp3) is 0.231. The summed E-state index contributed by atoms with van der Waals surface area (Å²) in [6.45, 7) is 3.32. The molecule has 3 aromatic rings. The van der Waals surface area contributed by atoms with Gasteiger partial charge < -0.3 is 4.90 Å². The maximum atomic E-state index is 2.28. The van der Waals surface area contributed by atoms with E-state index in [1.54, 1.807) is 0 Å². The average molecular weight is 356 g/mol. The standard InChI is InChI=1S/C26H29N/c1-4-25(22-11-7-5-8-12-22)26(23-13-9-6-10-14-23)24-17-15-21(16-18-24)19-20-27(2)3/h5-18H,4,19-20H2,1-3H3/b26-25-. The van der Waals surface area contributed by atoms with Crippen LogP contribution in [0, 0.1) is 0 Å². The minimum Gasteiger partial charge on any atom is -0.309 e. The van der Waals surface area contributed by atoms with Crippen molar-refractivity contribution in [3.05, 3.63) is 107 Å². The Morgan fingerprint density at radius 2 is 1.19 bits per heavy atom. The molecule has 0 aliphatic carbocycles. The summed E-state index contributed by atoms with van der Waals surface area (Å²) in [5.74, 6) is 0. The maximum Gasteiger partial charge on any atom is 0.00157 e. The fourth-order valence-corrected chi connectivity index (χ4v) is 3.48. The van der Waals surface area contributed by atoms with Crippen LogP contribution in [0.4, 0.5) is 0 Å². The van der Waals surface area contributed by atoms with Crippen molar-refractivity contribution in [2.45, 2.75) is 19.8 Å². The number of hydrogen-bond acceptors (Lipinski definition) is 1. The van der Waals surface area contributed by atoms with Gasteiger partial charge in [0.25, 0.3) is 0 Å². The quantitative estimate of drug-likeness (QED) is 0.459. The summed E-state index contributed by atoms with van der Waals surface area (Å²) in [4.78, 5) is 2.23. The molecule has 0 N–H and O–H groups in total. The molecule has 0 bridgehead atoms. The van der Waals surface area contributed by atoms with Crippen molar-refractivity contribution in [1.82, 2.24) is 4.90 Å². The van der Waals surface area contributed by atoms with Crippen LogP contribution in [0.3, 0.4) is 0 Å². The van der Waals surface area contributed by atoms with Gasteiger partial charge in [0, 0.05) is 6.54 Å². The van der Waals surface area contributed by atoms with E-state index in [0.717, 1.165) is 19.4 Å². The largest absolute Gasteiger partial charge is 0.309 e. The van der Waals surface area contributed by atoms with Crippen LogP contribution >= 0.6 is 0 Å². The molecule has 0 atom stereocenters. The predicted octanol–water partition coefficient (Wildman–Crippen LogP) is 6.16. The van der Waals surface area contributed by atoms with Gasteiger partial charge >= 0.3 is 0 Å². The van der Waals surface area contributed by atoms with E-state index >= 15 is 0 Å². The molecule has 1 heteroatoms. The Kier molecular flexibility index (Phi) is 6.62. The van der Waals surface area contributed by atoms with Gasteiger partial charge in [0.2, 0.25) is 0 Å². The summed E-state index contributed by atoms with van der Waals surface area (Å²) in [7, 11) is 4.25. The van der Waals surface area contributed by atoms with Crippen LogP contribution in [-0.2, 0) is 6.42 Å². The summed E-state index contributed by atoms with van der Waals surface area (Å²) in [6.07, 6.45) is 2.08. The zero-order chi connectivity index (χ0) is 19.1. The first-order valence-corrected chi connectivity index (χ1v) is 9.77. The van der Waals surface area contributed by atoms with Crippen LogP contribution in [0.25, 0.3) is 11.1 Å². The first-order valence-electron chi connectivity index (χ1n) is 9.77. The van der Waals surface area contributed by atoms with Gasteiger partial charge in [-0.2, -0.15) is 0 Å². The monoisotopic (exact) mass is 355 g/mol. The molecule has 0 aromatic heterocycles. The first-order chi connectivity index (χ1) is 13.2.